The highest BCUT2D eigenvalue weighted by atomic mass is 32.1. The van der Waals surface area contributed by atoms with E-state index in [4.69, 9.17) is 13.9 Å². The van der Waals surface area contributed by atoms with Crippen LogP contribution in [-0.4, -0.2) is 48.1 Å². The first-order chi connectivity index (χ1) is 16.1. The molecule has 1 saturated heterocycles. The van der Waals surface area contributed by atoms with Gasteiger partial charge < -0.3 is 18.8 Å². The van der Waals surface area contributed by atoms with E-state index in [2.05, 4.69) is 9.97 Å². The van der Waals surface area contributed by atoms with E-state index in [1.54, 1.807) is 14.2 Å². The zero-order chi connectivity index (χ0) is 22.8. The van der Waals surface area contributed by atoms with Gasteiger partial charge in [-0.3, -0.25) is 4.79 Å². The van der Waals surface area contributed by atoms with Crippen molar-refractivity contribution in [2.24, 2.45) is 0 Å². The lowest BCUT2D eigenvalue weighted by Gasteiger charge is -2.30. The van der Waals surface area contributed by atoms with E-state index in [0.29, 0.717) is 31.0 Å². The van der Waals surface area contributed by atoms with E-state index in [-0.39, 0.29) is 11.8 Å². The Kier molecular flexibility index (Phi) is 6.00. The first-order valence-electron chi connectivity index (χ1n) is 10.9. The van der Waals surface area contributed by atoms with Crippen LogP contribution in [0, 0.1) is 0 Å². The fraction of sp³-hybridized carbons (Fsp3) is 0.320. The number of nitrogens with zero attached hydrogens (tertiary/aromatic N) is 3. The van der Waals surface area contributed by atoms with Crippen LogP contribution < -0.4 is 9.47 Å². The number of oxazole rings is 1. The van der Waals surface area contributed by atoms with Gasteiger partial charge in [0.05, 0.1) is 26.3 Å². The van der Waals surface area contributed by atoms with E-state index in [9.17, 15) is 4.79 Å². The van der Waals surface area contributed by atoms with Crippen LogP contribution in [0.4, 0.5) is 0 Å². The predicted octanol–water partition coefficient (Wildman–Crippen LogP) is 4.92. The summed E-state index contributed by atoms with van der Waals surface area (Å²) in [6.45, 7) is 1.41. The summed E-state index contributed by atoms with van der Waals surface area (Å²) in [4.78, 5) is 24.1. The topological polar surface area (TPSA) is 77.7 Å². The molecule has 0 atom stereocenters. The molecular formula is C25H25N3O4S. The van der Waals surface area contributed by atoms with Gasteiger partial charge in [-0.15, -0.1) is 11.3 Å². The standard InChI is InChI=1S/C25H25N3O4S/c1-30-21-8-7-17(13-22(21)31-2)25-26-18(15-33-25)14-23(29)28-11-9-16(10-12-28)24-27-19-5-3-4-6-20(19)32-24/h3-8,13,15-16H,9-12,14H2,1-2H3. The molecule has 0 saturated carbocycles. The molecular weight excluding hydrogens is 438 g/mol. The first kappa shape index (κ1) is 21.5. The van der Waals surface area contributed by atoms with Crippen molar-refractivity contribution in [2.45, 2.75) is 25.2 Å². The Bertz CT molecular complexity index is 1240. The fourth-order valence-corrected chi connectivity index (χ4v) is 5.01. The van der Waals surface area contributed by atoms with Crippen molar-refractivity contribution in [3.63, 3.8) is 0 Å². The molecule has 0 aliphatic carbocycles. The minimum absolute atomic E-state index is 0.107. The molecule has 0 unspecified atom stereocenters. The summed E-state index contributed by atoms with van der Waals surface area (Å²) in [6, 6.07) is 13.5. The van der Waals surface area contributed by atoms with Crippen molar-refractivity contribution in [2.75, 3.05) is 27.3 Å². The molecule has 0 bridgehead atoms. The third kappa shape index (κ3) is 4.43. The summed E-state index contributed by atoms with van der Waals surface area (Å²) >= 11 is 1.52. The fourth-order valence-electron chi connectivity index (χ4n) is 4.20. The van der Waals surface area contributed by atoms with Gasteiger partial charge in [-0.25, -0.2) is 9.97 Å². The molecule has 5 rings (SSSR count). The number of likely N-dealkylation sites (tertiary alicyclic amines) is 1. The van der Waals surface area contributed by atoms with Gasteiger partial charge >= 0.3 is 0 Å². The van der Waals surface area contributed by atoms with Gasteiger partial charge in [-0.05, 0) is 43.2 Å². The van der Waals surface area contributed by atoms with Crippen LogP contribution >= 0.6 is 11.3 Å². The van der Waals surface area contributed by atoms with Crippen molar-refractivity contribution < 1.29 is 18.7 Å². The SMILES string of the molecule is COc1ccc(-c2nc(CC(=O)N3CCC(c4nc5ccccc5o4)CC3)cs2)cc1OC. The average Bonchev–Trinajstić information content (AvgIpc) is 3.51. The summed E-state index contributed by atoms with van der Waals surface area (Å²) in [7, 11) is 3.22. The second-order valence-electron chi connectivity index (χ2n) is 8.07. The van der Waals surface area contributed by atoms with Crippen molar-refractivity contribution in [3.05, 3.63) is 59.4 Å². The van der Waals surface area contributed by atoms with Gasteiger partial charge in [0.1, 0.15) is 10.5 Å². The Labute approximate surface area is 196 Å². The number of benzene rings is 2. The molecule has 1 amide bonds. The Morgan fingerprint density at radius 3 is 2.64 bits per heavy atom. The monoisotopic (exact) mass is 463 g/mol. The Balaban J connectivity index is 1.20. The zero-order valence-electron chi connectivity index (χ0n) is 18.6. The van der Waals surface area contributed by atoms with E-state index in [1.165, 1.54) is 11.3 Å². The number of aromatic nitrogens is 2. The summed E-state index contributed by atoms with van der Waals surface area (Å²) in [6.07, 6.45) is 2.01. The van der Waals surface area contributed by atoms with Gasteiger partial charge in [0.25, 0.3) is 0 Å². The third-order valence-electron chi connectivity index (χ3n) is 6.02. The summed E-state index contributed by atoms with van der Waals surface area (Å²) < 4.78 is 16.6. The number of piperidine rings is 1. The molecule has 1 fully saturated rings. The van der Waals surface area contributed by atoms with Crippen LogP contribution in [0.5, 0.6) is 11.5 Å². The van der Waals surface area contributed by atoms with Crippen molar-refractivity contribution in [1.82, 2.24) is 14.9 Å². The van der Waals surface area contributed by atoms with Crippen molar-refractivity contribution in [1.29, 1.82) is 0 Å². The number of hydrogen-bond acceptors (Lipinski definition) is 7. The smallest absolute Gasteiger partial charge is 0.228 e. The maximum atomic E-state index is 12.9. The van der Waals surface area contributed by atoms with E-state index < -0.39 is 0 Å². The average molecular weight is 464 g/mol. The Hall–Kier alpha value is -3.39. The lowest BCUT2D eigenvalue weighted by atomic mass is 9.96. The Morgan fingerprint density at radius 2 is 1.88 bits per heavy atom. The van der Waals surface area contributed by atoms with Crippen LogP contribution in [-0.2, 0) is 11.2 Å². The molecule has 33 heavy (non-hydrogen) atoms. The number of rotatable bonds is 6. The second-order valence-corrected chi connectivity index (χ2v) is 8.92. The molecule has 2 aromatic carbocycles. The van der Waals surface area contributed by atoms with Crippen LogP contribution in [0.25, 0.3) is 21.7 Å². The van der Waals surface area contributed by atoms with Gasteiger partial charge in [0, 0.05) is 30.0 Å². The molecule has 1 aliphatic rings. The van der Waals surface area contributed by atoms with Gasteiger partial charge in [0.15, 0.2) is 23.0 Å². The highest BCUT2D eigenvalue weighted by Crippen LogP contribution is 2.34. The number of hydrogen-bond donors (Lipinski definition) is 0. The first-order valence-corrected chi connectivity index (χ1v) is 11.8. The number of carbonyl (C=O) groups is 1. The number of thiazole rings is 1. The predicted molar refractivity (Wildman–Crippen MR) is 127 cm³/mol. The molecule has 3 heterocycles. The quantitative estimate of drug-likeness (QED) is 0.404. The van der Waals surface area contributed by atoms with Gasteiger partial charge in [0.2, 0.25) is 5.91 Å². The number of fused-ring (bicyclic) bond motifs is 1. The minimum Gasteiger partial charge on any atom is -0.493 e. The third-order valence-corrected chi connectivity index (χ3v) is 6.96. The normalized spacial score (nSPS) is 14.5. The molecule has 0 N–H and O–H groups in total. The molecule has 0 spiro atoms. The lowest BCUT2D eigenvalue weighted by Crippen LogP contribution is -2.38. The maximum absolute atomic E-state index is 12.9. The Morgan fingerprint density at radius 1 is 1.09 bits per heavy atom. The molecule has 0 radical (unpaired) electrons. The van der Waals surface area contributed by atoms with Crippen LogP contribution in [0.15, 0.2) is 52.3 Å². The van der Waals surface area contributed by atoms with Gasteiger partial charge in [-0.2, -0.15) is 0 Å². The molecule has 7 nitrogen and oxygen atoms in total. The highest BCUT2D eigenvalue weighted by Gasteiger charge is 2.27. The lowest BCUT2D eigenvalue weighted by molar-refractivity contribution is -0.131. The van der Waals surface area contributed by atoms with Crippen LogP contribution in [0.1, 0.15) is 30.3 Å². The molecule has 170 valence electrons. The zero-order valence-corrected chi connectivity index (χ0v) is 19.4. The van der Waals surface area contributed by atoms with Crippen molar-refractivity contribution in [3.8, 4) is 22.1 Å². The second kappa shape index (κ2) is 9.23. The van der Waals surface area contributed by atoms with E-state index >= 15 is 0 Å². The summed E-state index contributed by atoms with van der Waals surface area (Å²) in [5.74, 6) is 2.47. The number of methoxy groups -OCH3 is 2. The minimum atomic E-state index is 0.107. The molecule has 8 heteroatoms. The molecule has 2 aromatic heterocycles. The maximum Gasteiger partial charge on any atom is 0.228 e. The number of para-hydroxylation sites is 2. The largest absolute Gasteiger partial charge is 0.493 e. The van der Waals surface area contributed by atoms with E-state index in [1.807, 2.05) is 52.7 Å². The summed E-state index contributed by atoms with van der Waals surface area (Å²) in [5.41, 5.74) is 3.44. The number of carbonyl (C=O) groups excluding carboxylic acids is 1. The molecule has 4 aromatic rings. The highest BCUT2D eigenvalue weighted by molar-refractivity contribution is 7.13. The number of ether oxygens (including phenoxy) is 2. The molecule has 1 aliphatic heterocycles. The number of amides is 1. The van der Waals surface area contributed by atoms with Crippen LogP contribution in [0.2, 0.25) is 0 Å². The van der Waals surface area contributed by atoms with E-state index in [0.717, 1.165) is 46.1 Å². The van der Waals surface area contributed by atoms with Crippen molar-refractivity contribution >= 4 is 28.3 Å². The van der Waals surface area contributed by atoms with Gasteiger partial charge in [-0.1, -0.05) is 12.1 Å². The summed E-state index contributed by atoms with van der Waals surface area (Å²) in [5, 5.41) is 2.81. The van der Waals surface area contributed by atoms with Crippen LogP contribution in [0.3, 0.4) is 0 Å².